The van der Waals surface area contributed by atoms with Crippen molar-refractivity contribution in [2.75, 3.05) is 6.61 Å². The first-order valence-corrected chi connectivity index (χ1v) is 10.0. The molecule has 0 amide bonds. The largest absolute Gasteiger partial charge is 0.465 e. The molecule has 2 heteroatoms. The molecule has 138 valence electrons. The summed E-state index contributed by atoms with van der Waals surface area (Å²) in [6.07, 6.45) is 27.3. The molecule has 0 saturated carbocycles. The van der Waals surface area contributed by atoms with Crippen molar-refractivity contribution in [2.45, 2.75) is 103 Å². The Kier molecular flexibility index (Phi) is 18.8. The van der Waals surface area contributed by atoms with E-state index in [1.54, 1.807) is 0 Å². The molecule has 0 N–H and O–H groups in total. The lowest BCUT2D eigenvalue weighted by atomic mass is 10.1. The van der Waals surface area contributed by atoms with Gasteiger partial charge < -0.3 is 4.74 Å². The molecule has 0 aromatic carbocycles. The van der Waals surface area contributed by atoms with Crippen LogP contribution >= 0.6 is 0 Å². The molecule has 24 heavy (non-hydrogen) atoms. The molecule has 0 bridgehead atoms. The molecule has 0 aliphatic heterocycles. The Balaban J connectivity index is 3.18. The summed E-state index contributed by atoms with van der Waals surface area (Å²) in [7, 11) is 0. The van der Waals surface area contributed by atoms with Gasteiger partial charge in [0.15, 0.2) is 0 Å². The van der Waals surface area contributed by atoms with Gasteiger partial charge >= 0.3 is 5.97 Å². The number of hydrogen-bond acceptors (Lipinski definition) is 2. The van der Waals surface area contributed by atoms with Gasteiger partial charge in [0.25, 0.3) is 0 Å². The van der Waals surface area contributed by atoms with Crippen molar-refractivity contribution in [2.24, 2.45) is 0 Å². The fourth-order valence-electron chi connectivity index (χ4n) is 2.64. The van der Waals surface area contributed by atoms with Gasteiger partial charge in [-0.25, -0.2) is 0 Å². The van der Waals surface area contributed by atoms with Crippen molar-refractivity contribution in [3.8, 4) is 12.3 Å². The van der Waals surface area contributed by atoms with Gasteiger partial charge in [-0.3, -0.25) is 4.79 Å². The number of carbonyl (C=O) groups excluding carboxylic acids is 1. The van der Waals surface area contributed by atoms with Crippen molar-refractivity contribution in [3.05, 3.63) is 12.2 Å². The minimum absolute atomic E-state index is 0.108. The van der Waals surface area contributed by atoms with Crippen LogP contribution in [0.25, 0.3) is 0 Å². The first kappa shape index (κ1) is 22.8. The smallest absolute Gasteiger partial charge is 0.305 e. The van der Waals surface area contributed by atoms with Crippen LogP contribution in [0.1, 0.15) is 103 Å². The van der Waals surface area contributed by atoms with E-state index in [4.69, 9.17) is 11.2 Å². The highest BCUT2D eigenvalue weighted by Gasteiger charge is 2.01. The van der Waals surface area contributed by atoms with E-state index >= 15 is 0 Å². The number of hydrogen-bond donors (Lipinski definition) is 0. The molecule has 2 nitrogen and oxygen atoms in total. The number of allylic oxidation sites excluding steroid dienone is 2. The number of esters is 1. The number of ether oxygens (including phenoxy) is 1. The standard InChI is InChI=1S/C22H38O2/c1-3-5-7-8-9-10-11-12-13-14-15-16-17-18-19-20-22(23)24-21-6-4-2/h2,12-13H,3,5-11,14-21H2,1H3/b13-12-. The fourth-order valence-corrected chi connectivity index (χ4v) is 2.64. The van der Waals surface area contributed by atoms with E-state index < -0.39 is 0 Å². The van der Waals surface area contributed by atoms with Crippen molar-refractivity contribution in [1.82, 2.24) is 0 Å². The third-order valence-corrected chi connectivity index (χ3v) is 4.15. The van der Waals surface area contributed by atoms with E-state index in [1.165, 1.54) is 70.6 Å². The highest BCUT2D eigenvalue weighted by Crippen LogP contribution is 2.10. The zero-order valence-electron chi connectivity index (χ0n) is 15.9. The third-order valence-electron chi connectivity index (χ3n) is 4.15. The van der Waals surface area contributed by atoms with Gasteiger partial charge in [-0.05, 0) is 32.1 Å². The van der Waals surface area contributed by atoms with E-state index in [9.17, 15) is 4.79 Å². The predicted octanol–water partition coefficient (Wildman–Crippen LogP) is 6.59. The second-order valence-corrected chi connectivity index (χ2v) is 6.51. The van der Waals surface area contributed by atoms with Crippen LogP contribution in [-0.4, -0.2) is 12.6 Å². The van der Waals surface area contributed by atoms with Crippen molar-refractivity contribution in [1.29, 1.82) is 0 Å². The highest BCUT2D eigenvalue weighted by atomic mass is 16.5. The quantitative estimate of drug-likeness (QED) is 0.130. The molecule has 0 saturated heterocycles. The number of carbonyl (C=O) groups is 1. The van der Waals surface area contributed by atoms with Gasteiger partial charge in [-0.2, -0.15) is 0 Å². The lowest BCUT2D eigenvalue weighted by Crippen LogP contribution is -2.04. The van der Waals surface area contributed by atoms with E-state index in [0.717, 1.165) is 12.8 Å². The number of rotatable bonds is 17. The summed E-state index contributed by atoms with van der Waals surface area (Å²) < 4.78 is 5.01. The van der Waals surface area contributed by atoms with Gasteiger partial charge in [-0.1, -0.05) is 70.4 Å². The summed E-state index contributed by atoms with van der Waals surface area (Å²) >= 11 is 0. The molecular formula is C22H38O2. The minimum Gasteiger partial charge on any atom is -0.465 e. The van der Waals surface area contributed by atoms with Gasteiger partial charge in [0.2, 0.25) is 0 Å². The van der Waals surface area contributed by atoms with Gasteiger partial charge in [0.05, 0.1) is 0 Å². The second-order valence-electron chi connectivity index (χ2n) is 6.51. The summed E-state index contributed by atoms with van der Waals surface area (Å²) in [5.74, 6) is 2.35. The van der Waals surface area contributed by atoms with Crippen LogP contribution in [0.2, 0.25) is 0 Å². The topological polar surface area (TPSA) is 26.3 Å². The van der Waals surface area contributed by atoms with E-state index in [2.05, 4.69) is 25.0 Å². The maximum atomic E-state index is 11.4. The molecule has 0 aromatic rings. The SMILES string of the molecule is C#CCCOC(=O)CCCCCCC/C=C\CCCCCCCC. The van der Waals surface area contributed by atoms with Crippen LogP contribution in [0, 0.1) is 12.3 Å². The summed E-state index contributed by atoms with van der Waals surface area (Å²) in [5, 5.41) is 0. The van der Waals surface area contributed by atoms with Crippen LogP contribution in [0.3, 0.4) is 0 Å². The minimum atomic E-state index is -0.108. The van der Waals surface area contributed by atoms with Crippen molar-refractivity contribution < 1.29 is 9.53 Å². The summed E-state index contributed by atoms with van der Waals surface area (Å²) in [5.41, 5.74) is 0. The first-order chi connectivity index (χ1) is 11.8. The van der Waals surface area contributed by atoms with Crippen molar-refractivity contribution >= 4 is 5.97 Å². The molecule has 0 atom stereocenters. The lowest BCUT2D eigenvalue weighted by molar-refractivity contribution is -0.143. The Morgan fingerprint density at radius 3 is 2.00 bits per heavy atom. The van der Waals surface area contributed by atoms with Crippen molar-refractivity contribution in [3.63, 3.8) is 0 Å². The average molecular weight is 335 g/mol. The molecule has 0 fully saturated rings. The van der Waals surface area contributed by atoms with Crippen LogP contribution in [-0.2, 0) is 9.53 Å². The highest BCUT2D eigenvalue weighted by molar-refractivity contribution is 5.69. The van der Waals surface area contributed by atoms with Crippen LogP contribution in [0.15, 0.2) is 12.2 Å². The Morgan fingerprint density at radius 1 is 0.875 bits per heavy atom. The van der Waals surface area contributed by atoms with E-state index in [0.29, 0.717) is 19.4 Å². The van der Waals surface area contributed by atoms with Gasteiger partial charge in [0, 0.05) is 12.8 Å². The van der Waals surface area contributed by atoms with Crippen LogP contribution in [0.5, 0.6) is 0 Å². The molecule has 0 unspecified atom stereocenters. The van der Waals surface area contributed by atoms with E-state index in [1.807, 2.05) is 0 Å². The molecule has 0 aliphatic rings. The summed E-state index contributed by atoms with van der Waals surface area (Å²) in [6, 6.07) is 0. The zero-order chi connectivity index (χ0) is 17.7. The normalized spacial score (nSPS) is 10.8. The Labute approximate surface area is 150 Å². The van der Waals surface area contributed by atoms with E-state index in [-0.39, 0.29) is 5.97 Å². The third kappa shape index (κ3) is 18.8. The summed E-state index contributed by atoms with van der Waals surface area (Å²) in [4.78, 5) is 11.4. The molecule has 0 heterocycles. The molecule has 0 aromatic heterocycles. The maximum absolute atomic E-state index is 11.4. The molecule has 0 spiro atoms. The van der Waals surface area contributed by atoms with Crippen LogP contribution in [0.4, 0.5) is 0 Å². The Bertz CT molecular complexity index is 338. The molecular weight excluding hydrogens is 296 g/mol. The van der Waals surface area contributed by atoms with Crippen LogP contribution < -0.4 is 0 Å². The van der Waals surface area contributed by atoms with Gasteiger partial charge in [0.1, 0.15) is 6.61 Å². The predicted molar refractivity (Wildman–Crippen MR) is 104 cm³/mol. The lowest BCUT2D eigenvalue weighted by Gasteiger charge is -2.02. The zero-order valence-corrected chi connectivity index (χ0v) is 15.9. The Morgan fingerprint density at radius 2 is 1.42 bits per heavy atom. The Hall–Kier alpha value is -1.23. The summed E-state index contributed by atoms with van der Waals surface area (Å²) in [6.45, 7) is 2.62. The molecule has 0 aliphatic carbocycles. The second kappa shape index (κ2) is 19.8. The number of unbranched alkanes of at least 4 members (excludes halogenated alkanes) is 11. The first-order valence-electron chi connectivity index (χ1n) is 10.0. The molecule has 0 radical (unpaired) electrons. The molecule has 0 rings (SSSR count). The fraction of sp³-hybridized carbons (Fsp3) is 0.773. The average Bonchev–Trinajstić information content (AvgIpc) is 2.58. The van der Waals surface area contributed by atoms with Gasteiger partial charge in [-0.15, -0.1) is 12.3 Å². The maximum Gasteiger partial charge on any atom is 0.305 e. The number of terminal acetylenes is 1. The monoisotopic (exact) mass is 334 g/mol.